The van der Waals surface area contributed by atoms with Crippen molar-refractivity contribution in [3.8, 4) is 0 Å². The molecule has 2 saturated heterocycles. The van der Waals surface area contributed by atoms with Crippen molar-refractivity contribution in [1.82, 2.24) is 14.9 Å². The van der Waals surface area contributed by atoms with Crippen molar-refractivity contribution in [3.05, 3.63) is 45.3 Å². The highest BCUT2D eigenvalue weighted by Crippen LogP contribution is 2.28. The lowest BCUT2D eigenvalue weighted by molar-refractivity contribution is -0.117. The van der Waals surface area contributed by atoms with Gasteiger partial charge in [0.2, 0.25) is 5.91 Å². The molecule has 2 fully saturated rings. The first-order chi connectivity index (χ1) is 12.5. The van der Waals surface area contributed by atoms with E-state index in [1.54, 1.807) is 0 Å². The van der Waals surface area contributed by atoms with Crippen molar-refractivity contribution in [2.75, 3.05) is 13.2 Å². The topological polar surface area (TPSA) is 143 Å². The van der Waals surface area contributed by atoms with E-state index < -0.39 is 35.8 Å². The van der Waals surface area contributed by atoms with Crippen molar-refractivity contribution in [2.45, 2.75) is 43.5 Å². The molecule has 1 unspecified atom stereocenters. The van der Waals surface area contributed by atoms with Crippen molar-refractivity contribution in [3.63, 3.8) is 0 Å². The Morgan fingerprint density at radius 3 is 2.88 bits per heavy atom. The van der Waals surface area contributed by atoms with Gasteiger partial charge in [-0.15, -0.1) is 0 Å². The largest absolute Gasteiger partial charge is 0.387 e. The van der Waals surface area contributed by atoms with Gasteiger partial charge < -0.3 is 25.0 Å². The number of rotatable bonds is 5. The molecule has 0 radical (unpaired) electrons. The van der Waals surface area contributed by atoms with Crippen LogP contribution in [0.5, 0.6) is 0 Å². The van der Waals surface area contributed by atoms with Crippen LogP contribution in [0, 0.1) is 0 Å². The number of aliphatic hydroxyl groups is 2. The third-order valence-corrected chi connectivity index (χ3v) is 4.37. The molecule has 1 aromatic rings. The van der Waals surface area contributed by atoms with Gasteiger partial charge in [-0.3, -0.25) is 19.1 Å². The van der Waals surface area contributed by atoms with E-state index in [0.717, 1.165) is 23.5 Å². The molecule has 26 heavy (non-hydrogen) atoms. The number of carbonyl (C=O) groups excluding carboxylic acids is 1. The summed E-state index contributed by atoms with van der Waals surface area (Å²) < 4.78 is 11.8. The third kappa shape index (κ3) is 4.10. The molecule has 0 saturated carbocycles. The van der Waals surface area contributed by atoms with E-state index in [2.05, 4.69) is 5.32 Å². The van der Waals surface area contributed by atoms with Crippen LogP contribution in [0.2, 0.25) is 0 Å². The van der Waals surface area contributed by atoms with Crippen LogP contribution < -0.4 is 16.6 Å². The zero-order valence-electron chi connectivity index (χ0n) is 13.9. The fraction of sp³-hybridized carbons (Fsp3) is 0.562. The van der Waals surface area contributed by atoms with E-state index in [9.17, 15) is 24.6 Å². The molecule has 0 aromatic carbocycles. The van der Waals surface area contributed by atoms with Crippen molar-refractivity contribution in [2.24, 2.45) is 0 Å². The predicted octanol–water partition coefficient (Wildman–Crippen LogP) is -1.99. The normalized spacial score (nSPS) is 31.5. The summed E-state index contributed by atoms with van der Waals surface area (Å²) in [6.45, 7) is 1.09. The first kappa shape index (κ1) is 18.5. The molecule has 0 bridgehead atoms. The molecular weight excluding hydrogens is 346 g/mol. The fourth-order valence-electron chi connectivity index (χ4n) is 2.96. The molecule has 5 atom stereocenters. The summed E-state index contributed by atoms with van der Waals surface area (Å²) in [7, 11) is 0. The summed E-state index contributed by atoms with van der Waals surface area (Å²) in [5.74, 6) is -0.379. The zero-order chi connectivity index (χ0) is 18.7. The van der Waals surface area contributed by atoms with Crippen molar-refractivity contribution >= 4 is 5.91 Å². The first-order valence-electron chi connectivity index (χ1n) is 8.36. The minimum Gasteiger partial charge on any atom is -0.387 e. The molecule has 10 nitrogen and oxygen atoms in total. The number of aliphatic hydroxyl groups excluding tert-OH is 2. The second kappa shape index (κ2) is 7.96. The van der Waals surface area contributed by atoms with E-state index in [1.807, 2.05) is 4.98 Å². The quantitative estimate of drug-likeness (QED) is 0.441. The van der Waals surface area contributed by atoms with Crippen LogP contribution in [0.3, 0.4) is 0 Å². The number of nitrogens with one attached hydrogen (secondary N) is 2. The number of ether oxygens (including phenoxy) is 2. The number of aromatic nitrogens is 2. The van der Waals surface area contributed by atoms with E-state index in [0.29, 0.717) is 13.2 Å². The number of hydrogen-bond donors (Lipinski definition) is 4. The summed E-state index contributed by atoms with van der Waals surface area (Å²) in [6.07, 6.45) is 0.674. The Labute approximate surface area is 148 Å². The van der Waals surface area contributed by atoms with E-state index in [-0.39, 0.29) is 12.0 Å². The van der Waals surface area contributed by atoms with Crippen molar-refractivity contribution < 1.29 is 24.5 Å². The van der Waals surface area contributed by atoms with Gasteiger partial charge in [0.15, 0.2) is 6.23 Å². The number of aromatic amines is 1. The maximum atomic E-state index is 11.8. The molecule has 142 valence electrons. The van der Waals surface area contributed by atoms with Gasteiger partial charge in [0, 0.05) is 31.5 Å². The highest BCUT2D eigenvalue weighted by atomic mass is 16.6. The Bertz CT molecular complexity index is 781. The van der Waals surface area contributed by atoms with Gasteiger partial charge in [-0.05, 0) is 18.9 Å². The van der Waals surface area contributed by atoms with Gasteiger partial charge in [-0.1, -0.05) is 0 Å². The van der Waals surface area contributed by atoms with Gasteiger partial charge in [0.25, 0.3) is 5.56 Å². The second-order valence-electron chi connectivity index (χ2n) is 6.23. The fourth-order valence-corrected chi connectivity index (χ4v) is 2.96. The van der Waals surface area contributed by atoms with Crippen LogP contribution in [0.25, 0.3) is 0 Å². The lowest BCUT2D eigenvalue weighted by Crippen LogP contribution is -2.37. The number of hydrogen-bond acceptors (Lipinski definition) is 7. The van der Waals surface area contributed by atoms with Crippen LogP contribution >= 0.6 is 0 Å². The van der Waals surface area contributed by atoms with Crippen LogP contribution in [-0.2, 0) is 14.3 Å². The Morgan fingerprint density at radius 2 is 2.19 bits per heavy atom. The van der Waals surface area contributed by atoms with Crippen LogP contribution in [-0.4, -0.2) is 63.2 Å². The minimum absolute atomic E-state index is 0.0129. The lowest BCUT2D eigenvalue weighted by atomic mass is 10.1. The average Bonchev–Trinajstić information content (AvgIpc) is 3.22. The van der Waals surface area contributed by atoms with Crippen molar-refractivity contribution in [1.29, 1.82) is 0 Å². The maximum absolute atomic E-state index is 11.8. The van der Waals surface area contributed by atoms with E-state index in [4.69, 9.17) is 9.47 Å². The Kier molecular flexibility index (Phi) is 5.67. The van der Waals surface area contributed by atoms with Gasteiger partial charge in [0.05, 0.1) is 6.10 Å². The summed E-state index contributed by atoms with van der Waals surface area (Å²) in [5, 5.41) is 22.9. The molecule has 3 rings (SSSR count). The van der Waals surface area contributed by atoms with Gasteiger partial charge >= 0.3 is 5.69 Å². The lowest BCUT2D eigenvalue weighted by Gasteiger charge is -2.16. The summed E-state index contributed by atoms with van der Waals surface area (Å²) >= 11 is 0. The molecule has 1 aromatic heterocycles. The molecule has 1 amide bonds. The van der Waals surface area contributed by atoms with Crippen LogP contribution in [0.15, 0.2) is 34.0 Å². The first-order valence-corrected chi connectivity index (χ1v) is 8.36. The molecule has 0 spiro atoms. The molecule has 3 heterocycles. The van der Waals surface area contributed by atoms with Crippen LogP contribution in [0.1, 0.15) is 19.1 Å². The summed E-state index contributed by atoms with van der Waals surface area (Å²) in [4.78, 5) is 36.8. The Hall–Kier alpha value is -2.27. The molecule has 2 aliphatic rings. The number of nitrogens with zero attached hydrogens (tertiary/aromatic N) is 1. The Morgan fingerprint density at radius 1 is 1.38 bits per heavy atom. The molecular formula is C16H21N3O7. The van der Waals surface area contributed by atoms with Gasteiger partial charge in [-0.25, -0.2) is 4.79 Å². The second-order valence-corrected chi connectivity index (χ2v) is 6.23. The summed E-state index contributed by atoms with van der Waals surface area (Å²) in [6, 6.07) is 1.10. The maximum Gasteiger partial charge on any atom is 0.330 e. The number of carbonyl (C=O) groups is 1. The Balaban J connectivity index is 1.60. The highest BCUT2D eigenvalue weighted by molar-refractivity contribution is 5.87. The van der Waals surface area contributed by atoms with Gasteiger partial charge in [0.1, 0.15) is 18.3 Å². The van der Waals surface area contributed by atoms with E-state index in [1.165, 1.54) is 18.3 Å². The van der Waals surface area contributed by atoms with E-state index >= 15 is 0 Å². The number of amides is 1. The standard InChI is InChI=1S/C16H21N3O7/c20-11(17-8-9-2-1-7-25-9)4-3-10-13(22)14(23)15(26-10)19-6-5-12(21)18-16(19)24/h3-6,9-10,13-15,22-23H,1-2,7-8H2,(H,17,20)(H,18,21,24)/b4-3+/t9?,10-,13-,14-,15-/m1/s1. The molecule has 2 aliphatic heterocycles. The van der Waals surface area contributed by atoms with Gasteiger partial charge in [-0.2, -0.15) is 0 Å². The zero-order valence-corrected chi connectivity index (χ0v) is 13.9. The molecule has 10 heteroatoms. The smallest absolute Gasteiger partial charge is 0.330 e. The molecule has 4 N–H and O–H groups in total. The van der Waals surface area contributed by atoms with Crippen LogP contribution in [0.4, 0.5) is 0 Å². The molecule has 0 aliphatic carbocycles. The number of H-pyrrole nitrogens is 1. The average molecular weight is 367 g/mol. The third-order valence-electron chi connectivity index (χ3n) is 4.37. The minimum atomic E-state index is -1.40. The predicted molar refractivity (Wildman–Crippen MR) is 88.4 cm³/mol. The summed E-state index contributed by atoms with van der Waals surface area (Å²) in [5.41, 5.74) is -1.36. The monoisotopic (exact) mass is 367 g/mol. The highest BCUT2D eigenvalue weighted by Gasteiger charge is 2.42. The SMILES string of the molecule is O=C(/C=C/[C@H]1O[C@@H](n2ccc(=O)[nH]c2=O)[C@H](O)[C@@H]1O)NCC1CCCO1.